The highest BCUT2D eigenvalue weighted by molar-refractivity contribution is 4.94. The molecule has 1 aromatic heterocycles. The van der Waals surface area contributed by atoms with Crippen molar-refractivity contribution in [1.29, 1.82) is 0 Å². The average Bonchev–Trinajstić information content (AvgIpc) is 2.72. The Balaban J connectivity index is 2.01. The Hall–Kier alpha value is -0.980. The van der Waals surface area contributed by atoms with Gasteiger partial charge in [-0.2, -0.15) is 0 Å². The average molecular weight is 254 g/mol. The minimum Gasteiger partial charge on any atom is -0.389 e. The number of β-amino-alcohol motifs (C(OH)–C–C–N with tert-alkyl or cyclic N) is 1. The van der Waals surface area contributed by atoms with Crippen molar-refractivity contribution in [2.24, 2.45) is 0 Å². The van der Waals surface area contributed by atoms with Crippen molar-refractivity contribution < 1.29 is 10.2 Å². The summed E-state index contributed by atoms with van der Waals surface area (Å²) in [5, 5.41) is 27.9. The first-order valence-electron chi connectivity index (χ1n) is 6.41. The van der Waals surface area contributed by atoms with Crippen molar-refractivity contribution in [3.05, 3.63) is 12.2 Å². The number of aliphatic hydroxyl groups is 2. The van der Waals surface area contributed by atoms with Crippen molar-refractivity contribution >= 4 is 0 Å². The number of hydrogen-bond donors (Lipinski definition) is 2. The van der Waals surface area contributed by atoms with Crippen molar-refractivity contribution in [3.8, 4) is 0 Å². The molecule has 6 nitrogen and oxygen atoms in total. The van der Waals surface area contributed by atoms with Gasteiger partial charge in [0.2, 0.25) is 0 Å². The smallest absolute Gasteiger partial charge is 0.147 e. The van der Waals surface area contributed by atoms with Gasteiger partial charge in [-0.3, -0.25) is 4.90 Å². The van der Waals surface area contributed by atoms with E-state index in [0.29, 0.717) is 25.6 Å². The molecule has 0 unspecified atom stereocenters. The van der Waals surface area contributed by atoms with Gasteiger partial charge < -0.3 is 14.8 Å². The monoisotopic (exact) mass is 254 g/mol. The highest BCUT2D eigenvalue weighted by Crippen LogP contribution is 2.23. The van der Waals surface area contributed by atoms with Crippen LogP contribution in [0.5, 0.6) is 0 Å². The van der Waals surface area contributed by atoms with E-state index in [1.807, 2.05) is 4.57 Å². The molecule has 0 aliphatic carbocycles. The predicted octanol–water partition coefficient (Wildman–Crippen LogP) is 0.177. The third-order valence-electron chi connectivity index (χ3n) is 3.65. The Morgan fingerprint density at radius 2 is 2.28 bits per heavy atom. The van der Waals surface area contributed by atoms with E-state index in [1.165, 1.54) is 0 Å². The lowest BCUT2D eigenvalue weighted by Gasteiger charge is -2.39. The molecule has 2 N–H and O–H groups in total. The Morgan fingerprint density at radius 3 is 2.89 bits per heavy atom. The van der Waals surface area contributed by atoms with Gasteiger partial charge in [-0.05, 0) is 27.2 Å². The second-order valence-corrected chi connectivity index (χ2v) is 5.61. The van der Waals surface area contributed by atoms with Gasteiger partial charge in [0.1, 0.15) is 12.2 Å². The minimum atomic E-state index is -0.970. The van der Waals surface area contributed by atoms with Gasteiger partial charge in [0, 0.05) is 19.1 Å². The molecule has 102 valence electrons. The normalized spacial score (nSPS) is 30.0. The molecule has 0 saturated carbocycles. The van der Waals surface area contributed by atoms with Crippen LogP contribution in [0.25, 0.3) is 0 Å². The Morgan fingerprint density at radius 1 is 1.56 bits per heavy atom. The molecule has 2 atom stereocenters. The molecule has 0 aromatic carbocycles. The minimum absolute atomic E-state index is 0.327. The predicted molar refractivity (Wildman–Crippen MR) is 66.9 cm³/mol. The van der Waals surface area contributed by atoms with Crippen molar-refractivity contribution in [2.45, 2.75) is 51.5 Å². The van der Waals surface area contributed by atoms with E-state index in [1.54, 1.807) is 13.3 Å². The van der Waals surface area contributed by atoms with E-state index in [0.717, 1.165) is 12.4 Å². The number of aromatic nitrogens is 3. The molecule has 6 heteroatoms. The third kappa shape index (κ3) is 2.71. The molecular weight excluding hydrogens is 232 g/mol. The van der Waals surface area contributed by atoms with E-state index in [-0.39, 0.29) is 0 Å². The van der Waals surface area contributed by atoms with E-state index in [2.05, 4.69) is 28.9 Å². The first-order valence-corrected chi connectivity index (χ1v) is 6.41. The summed E-state index contributed by atoms with van der Waals surface area (Å²) in [5.74, 6) is 0.902. The maximum absolute atomic E-state index is 9.92. The van der Waals surface area contributed by atoms with E-state index < -0.39 is 11.7 Å². The van der Waals surface area contributed by atoms with Crippen LogP contribution in [0.3, 0.4) is 0 Å². The van der Waals surface area contributed by atoms with E-state index >= 15 is 0 Å². The fourth-order valence-electron chi connectivity index (χ4n) is 2.24. The van der Waals surface area contributed by atoms with Crippen LogP contribution < -0.4 is 0 Å². The molecular formula is C12H22N4O2. The van der Waals surface area contributed by atoms with Gasteiger partial charge in [0.05, 0.1) is 18.2 Å². The van der Waals surface area contributed by atoms with Gasteiger partial charge >= 0.3 is 0 Å². The van der Waals surface area contributed by atoms with Gasteiger partial charge in [-0.1, -0.05) is 0 Å². The fraction of sp³-hybridized carbons (Fsp3) is 0.833. The maximum atomic E-state index is 9.92. The second-order valence-electron chi connectivity index (χ2n) is 5.61. The summed E-state index contributed by atoms with van der Waals surface area (Å²) in [6.07, 6.45) is 1.60. The van der Waals surface area contributed by atoms with Crippen LogP contribution in [0.15, 0.2) is 6.33 Å². The van der Waals surface area contributed by atoms with Gasteiger partial charge in [-0.25, -0.2) is 0 Å². The molecule has 18 heavy (non-hydrogen) atoms. The highest BCUT2D eigenvalue weighted by atomic mass is 16.3. The summed E-state index contributed by atoms with van der Waals surface area (Å²) in [6, 6.07) is 0.327. The molecule has 1 fully saturated rings. The number of rotatable bonds is 3. The summed E-state index contributed by atoms with van der Waals surface area (Å²) in [5.41, 5.74) is -0.970. The molecule has 1 aliphatic heterocycles. The SMILES string of the molecule is CC(C)n1cnnc1CN1CC[C@](C)(O)[C@@H](O)C1. The topological polar surface area (TPSA) is 74.4 Å². The molecule has 2 heterocycles. The number of likely N-dealkylation sites (tertiary alicyclic amines) is 1. The van der Waals surface area contributed by atoms with Crippen molar-refractivity contribution in [1.82, 2.24) is 19.7 Å². The molecule has 1 aromatic rings. The zero-order chi connectivity index (χ0) is 13.3. The number of piperidine rings is 1. The lowest BCUT2D eigenvalue weighted by Crippen LogP contribution is -2.53. The summed E-state index contributed by atoms with van der Waals surface area (Å²) >= 11 is 0. The molecule has 2 rings (SSSR count). The zero-order valence-corrected chi connectivity index (χ0v) is 11.2. The van der Waals surface area contributed by atoms with Crippen LogP contribution >= 0.6 is 0 Å². The van der Waals surface area contributed by atoms with Crippen LogP contribution in [0, 0.1) is 0 Å². The van der Waals surface area contributed by atoms with Crippen LogP contribution in [0.4, 0.5) is 0 Å². The molecule has 0 amide bonds. The first-order chi connectivity index (χ1) is 8.40. The Kier molecular flexibility index (Phi) is 3.70. The lowest BCUT2D eigenvalue weighted by molar-refractivity contribution is -0.109. The Bertz CT molecular complexity index is 403. The van der Waals surface area contributed by atoms with Crippen LogP contribution in [0.2, 0.25) is 0 Å². The van der Waals surface area contributed by atoms with Gasteiger partial charge in [-0.15, -0.1) is 10.2 Å². The fourth-order valence-corrected chi connectivity index (χ4v) is 2.24. The molecule has 0 radical (unpaired) electrons. The summed E-state index contributed by atoms with van der Waals surface area (Å²) in [4.78, 5) is 2.10. The standard InChI is InChI=1S/C12H22N4O2/c1-9(2)16-8-13-14-11(16)7-15-5-4-12(3,18)10(17)6-15/h8-10,17-18H,4-7H2,1-3H3/t10-,12-/m0/s1. The highest BCUT2D eigenvalue weighted by Gasteiger charge is 2.36. The van der Waals surface area contributed by atoms with Gasteiger partial charge in [0.15, 0.2) is 0 Å². The lowest BCUT2D eigenvalue weighted by atomic mass is 9.91. The van der Waals surface area contributed by atoms with Crippen LogP contribution in [-0.2, 0) is 6.54 Å². The number of hydrogen-bond acceptors (Lipinski definition) is 5. The molecule has 1 saturated heterocycles. The van der Waals surface area contributed by atoms with Crippen molar-refractivity contribution in [3.63, 3.8) is 0 Å². The van der Waals surface area contributed by atoms with Crippen LogP contribution in [0.1, 0.15) is 39.1 Å². The second kappa shape index (κ2) is 4.95. The van der Waals surface area contributed by atoms with Crippen molar-refractivity contribution in [2.75, 3.05) is 13.1 Å². The molecule has 0 spiro atoms. The van der Waals surface area contributed by atoms with Crippen LogP contribution in [-0.4, -0.2) is 54.7 Å². The molecule has 1 aliphatic rings. The van der Waals surface area contributed by atoms with E-state index in [9.17, 15) is 10.2 Å². The summed E-state index contributed by atoms with van der Waals surface area (Å²) < 4.78 is 2.03. The quantitative estimate of drug-likeness (QED) is 0.804. The first kappa shape index (κ1) is 13.5. The summed E-state index contributed by atoms with van der Waals surface area (Å²) in [7, 11) is 0. The zero-order valence-electron chi connectivity index (χ0n) is 11.2. The molecule has 0 bridgehead atoms. The number of aliphatic hydroxyl groups excluding tert-OH is 1. The van der Waals surface area contributed by atoms with Gasteiger partial charge in [0.25, 0.3) is 0 Å². The Labute approximate surface area is 107 Å². The van der Waals surface area contributed by atoms with E-state index in [4.69, 9.17) is 0 Å². The summed E-state index contributed by atoms with van der Waals surface area (Å²) in [6.45, 7) is 7.75. The third-order valence-corrected chi connectivity index (χ3v) is 3.65. The largest absolute Gasteiger partial charge is 0.389 e. The maximum Gasteiger partial charge on any atom is 0.147 e. The number of nitrogens with zero attached hydrogens (tertiary/aromatic N) is 4.